The maximum atomic E-state index is 6.35. The summed E-state index contributed by atoms with van der Waals surface area (Å²) in [7, 11) is 0. The Morgan fingerprint density at radius 3 is 1.85 bits per heavy atom. The first-order chi connectivity index (χ1) is 22.8. The van der Waals surface area contributed by atoms with E-state index in [1.54, 1.807) is 0 Å². The molecule has 10 rings (SSSR count). The van der Waals surface area contributed by atoms with Gasteiger partial charge < -0.3 is 18.2 Å². The van der Waals surface area contributed by atoms with Gasteiger partial charge in [0.05, 0.1) is 0 Å². The average molecular weight is 593 g/mol. The van der Waals surface area contributed by atoms with Crippen LogP contribution in [0.4, 0.5) is 17.1 Å². The Morgan fingerprint density at radius 1 is 0.413 bits per heavy atom. The van der Waals surface area contributed by atoms with Crippen LogP contribution < -0.4 is 4.90 Å². The summed E-state index contributed by atoms with van der Waals surface area (Å²) in [6.07, 6.45) is 0. The van der Waals surface area contributed by atoms with Crippen LogP contribution in [0.15, 0.2) is 159 Å². The first-order valence-corrected chi connectivity index (χ1v) is 15.3. The van der Waals surface area contributed by atoms with Gasteiger partial charge in [0.2, 0.25) is 5.89 Å². The molecule has 0 spiro atoms. The average Bonchev–Trinajstić information content (AvgIpc) is 3.82. The summed E-state index contributed by atoms with van der Waals surface area (Å²) in [5, 5.41) is 6.44. The van der Waals surface area contributed by atoms with Gasteiger partial charge in [-0.3, -0.25) is 0 Å². The van der Waals surface area contributed by atoms with E-state index in [2.05, 4.69) is 77.7 Å². The van der Waals surface area contributed by atoms with Gasteiger partial charge in [-0.15, -0.1) is 0 Å². The molecule has 0 N–H and O–H groups in total. The molecule has 0 saturated heterocycles. The largest absolute Gasteiger partial charge is 0.456 e. The predicted molar refractivity (Wildman–Crippen MR) is 186 cm³/mol. The molecule has 0 atom stereocenters. The Kier molecular flexibility index (Phi) is 5.22. The van der Waals surface area contributed by atoms with Crippen molar-refractivity contribution in [1.29, 1.82) is 0 Å². The van der Waals surface area contributed by atoms with Crippen molar-refractivity contribution in [2.24, 2.45) is 0 Å². The highest BCUT2D eigenvalue weighted by molar-refractivity contribution is 6.09. The number of aromatic nitrogens is 1. The minimum absolute atomic E-state index is 0.619. The zero-order valence-corrected chi connectivity index (χ0v) is 24.5. The van der Waals surface area contributed by atoms with E-state index in [4.69, 9.17) is 18.2 Å². The number of benzene rings is 7. The quantitative estimate of drug-likeness (QED) is 0.203. The topological polar surface area (TPSA) is 55.6 Å². The normalized spacial score (nSPS) is 11.9. The van der Waals surface area contributed by atoms with E-state index in [1.807, 2.05) is 72.8 Å². The summed E-state index contributed by atoms with van der Waals surface area (Å²) >= 11 is 0. The molecule has 7 aromatic carbocycles. The summed E-state index contributed by atoms with van der Waals surface area (Å²) < 4.78 is 18.8. The van der Waals surface area contributed by atoms with E-state index in [1.165, 1.54) is 0 Å². The predicted octanol–water partition coefficient (Wildman–Crippen LogP) is 11.9. The van der Waals surface area contributed by atoms with Crippen molar-refractivity contribution in [2.45, 2.75) is 0 Å². The van der Waals surface area contributed by atoms with Gasteiger partial charge in [0.15, 0.2) is 5.58 Å². The number of hydrogen-bond donors (Lipinski definition) is 0. The number of nitrogens with zero attached hydrogens (tertiary/aromatic N) is 2. The standard InChI is InChI=1S/C41H24N2O3/c1-2-8-25(9-3-1)41-42-35-20-14-26-22-27(15-18-30(26)40(35)46-41)43(28-17-21-38-34(23-28)32-11-5-7-13-37(32)44-38)29-16-19-33-31-10-4-6-12-36(31)45-39(33)24-29/h1-24H. The van der Waals surface area contributed by atoms with Crippen LogP contribution in [0.1, 0.15) is 0 Å². The molecule has 0 aliphatic carbocycles. The van der Waals surface area contributed by atoms with Crippen LogP contribution in [0, 0.1) is 0 Å². The van der Waals surface area contributed by atoms with E-state index in [0.29, 0.717) is 5.89 Å². The number of rotatable bonds is 4. The number of oxazole rings is 1. The molecule has 216 valence electrons. The fourth-order valence-electron chi connectivity index (χ4n) is 6.70. The third kappa shape index (κ3) is 3.79. The second kappa shape index (κ2) is 9.58. The highest BCUT2D eigenvalue weighted by Gasteiger charge is 2.19. The number of hydrogen-bond acceptors (Lipinski definition) is 5. The van der Waals surface area contributed by atoms with E-state index in [-0.39, 0.29) is 0 Å². The zero-order chi connectivity index (χ0) is 30.2. The monoisotopic (exact) mass is 592 g/mol. The SMILES string of the molecule is c1ccc(-c2nc3ccc4cc(N(c5ccc6c(c5)oc5ccccc56)c5ccc6oc7ccccc7c6c5)ccc4c3o2)cc1. The van der Waals surface area contributed by atoms with Crippen molar-refractivity contribution in [2.75, 3.05) is 4.90 Å². The zero-order valence-electron chi connectivity index (χ0n) is 24.5. The summed E-state index contributed by atoms with van der Waals surface area (Å²) in [5.41, 5.74) is 9.05. The van der Waals surface area contributed by atoms with E-state index in [9.17, 15) is 0 Å². The van der Waals surface area contributed by atoms with Crippen LogP contribution in [0.25, 0.3) is 77.2 Å². The van der Waals surface area contributed by atoms with Gasteiger partial charge in [0, 0.05) is 55.6 Å². The van der Waals surface area contributed by atoms with Crippen molar-refractivity contribution < 1.29 is 13.3 Å². The van der Waals surface area contributed by atoms with Crippen LogP contribution in [-0.2, 0) is 0 Å². The smallest absolute Gasteiger partial charge is 0.227 e. The minimum Gasteiger partial charge on any atom is -0.456 e. The summed E-state index contributed by atoms with van der Waals surface area (Å²) in [6, 6.07) is 49.8. The maximum absolute atomic E-state index is 6.35. The second-order valence-electron chi connectivity index (χ2n) is 11.6. The minimum atomic E-state index is 0.619. The van der Waals surface area contributed by atoms with Gasteiger partial charge >= 0.3 is 0 Å². The molecular weight excluding hydrogens is 568 g/mol. The molecular formula is C41H24N2O3. The summed E-state index contributed by atoms with van der Waals surface area (Å²) in [4.78, 5) is 7.06. The molecule has 5 heteroatoms. The Morgan fingerprint density at radius 2 is 1.02 bits per heavy atom. The van der Waals surface area contributed by atoms with Crippen LogP contribution >= 0.6 is 0 Å². The Hall–Kier alpha value is -6.33. The Balaban J connectivity index is 1.18. The lowest BCUT2D eigenvalue weighted by Crippen LogP contribution is -2.09. The molecule has 0 fully saturated rings. The lowest BCUT2D eigenvalue weighted by atomic mass is 10.1. The van der Waals surface area contributed by atoms with Crippen molar-refractivity contribution in [3.8, 4) is 11.5 Å². The van der Waals surface area contributed by atoms with Crippen molar-refractivity contribution in [1.82, 2.24) is 4.98 Å². The molecule has 0 unspecified atom stereocenters. The van der Waals surface area contributed by atoms with E-state index in [0.717, 1.165) is 88.4 Å². The highest BCUT2D eigenvalue weighted by atomic mass is 16.3. The molecule has 5 nitrogen and oxygen atoms in total. The van der Waals surface area contributed by atoms with E-state index >= 15 is 0 Å². The molecule has 0 amide bonds. The molecule has 3 heterocycles. The van der Waals surface area contributed by atoms with Crippen LogP contribution in [0.2, 0.25) is 0 Å². The van der Waals surface area contributed by atoms with Crippen molar-refractivity contribution in [3.05, 3.63) is 146 Å². The third-order valence-electron chi connectivity index (χ3n) is 8.87. The lowest BCUT2D eigenvalue weighted by molar-refractivity contribution is 0.623. The molecule has 0 aliphatic heterocycles. The molecule has 0 aliphatic rings. The third-order valence-corrected chi connectivity index (χ3v) is 8.87. The molecule has 0 saturated carbocycles. The number of para-hydroxylation sites is 2. The van der Waals surface area contributed by atoms with Crippen molar-refractivity contribution >= 4 is 82.8 Å². The first-order valence-electron chi connectivity index (χ1n) is 15.3. The van der Waals surface area contributed by atoms with E-state index < -0.39 is 0 Å². The number of furan rings is 2. The lowest BCUT2D eigenvalue weighted by Gasteiger charge is -2.26. The fraction of sp³-hybridized carbons (Fsp3) is 0. The van der Waals surface area contributed by atoms with Crippen LogP contribution in [0.5, 0.6) is 0 Å². The Labute approximate surface area is 262 Å². The van der Waals surface area contributed by atoms with Gasteiger partial charge in [-0.2, -0.15) is 0 Å². The van der Waals surface area contributed by atoms with Gasteiger partial charge in [0.25, 0.3) is 0 Å². The highest BCUT2D eigenvalue weighted by Crippen LogP contribution is 2.42. The molecule has 10 aromatic rings. The van der Waals surface area contributed by atoms with Crippen molar-refractivity contribution in [3.63, 3.8) is 0 Å². The van der Waals surface area contributed by atoms with Crippen LogP contribution in [0.3, 0.4) is 0 Å². The molecule has 3 aromatic heterocycles. The van der Waals surface area contributed by atoms with Gasteiger partial charge in [-0.05, 0) is 84.2 Å². The second-order valence-corrected chi connectivity index (χ2v) is 11.6. The van der Waals surface area contributed by atoms with Gasteiger partial charge in [-0.25, -0.2) is 4.98 Å². The van der Waals surface area contributed by atoms with Gasteiger partial charge in [0.1, 0.15) is 27.8 Å². The van der Waals surface area contributed by atoms with Crippen LogP contribution in [-0.4, -0.2) is 4.98 Å². The number of fused-ring (bicyclic) bond motifs is 9. The fourth-order valence-corrected chi connectivity index (χ4v) is 6.70. The molecule has 46 heavy (non-hydrogen) atoms. The molecule has 0 radical (unpaired) electrons. The number of anilines is 3. The summed E-state index contributed by atoms with van der Waals surface area (Å²) in [5.74, 6) is 0.619. The first kappa shape index (κ1) is 25.0. The molecule has 0 bridgehead atoms. The maximum Gasteiger partial charge on any atom is 0.227 e. The Bertz CT molecular complexity index is 2770. The van der Waals surface area contributed by atoms with Gasteiger partial charge in [-0.1, -0.05) is 60.7 Å². The summed E-state index contributed by atoms with van der Waals surface area (Å²) in [6.45, 7) is 0.